The number of rotatable bonds is 3. The molecule has 0 amide bonds. The van der Waals surface area contributed by atoms with Gasteiger partial charge in [0.25, 0.3) is 0 Å². The lowest BCUT2D eigenvalue weighted by molar-refractivity contribution is 0.103. The summed E-state index contributed by atoms with van der Waals surface area (Å²) in [5, 5.41) is 9.11. The summed E-state index contributed by atoms with van der Waals surface area (Å²) < 4.78 is 4.72. The number of carbonyl (C=O) groups excluding carboxylic acids is 1. The molecule has 1 aromatic carbocycles. The summed E-state index contributed by atoms with van der Waals surface area (Å²) in [5.41, 5.74) is 2.10. The van der Waals surface area contributed by atoms with Crippen LogP contribution in [0.1, 0.15) is 29.8 Å². The molecule has 3 nitrogen and oxygen atoms in total. The molecule has 0 aliphatic rings. The van der Waals surface area contributed by atoms with Crippen molar-refractivity contribution in [3.8, 4) is 5.75 Å². The maximum Gasteiger partial charge on any atom is 0.191 e. The molecule has 19 heavy (non-hydrogen) atoms. The predicted octanol–water partition coefficient (Wildman–Crippen LogP) is 3.99. The molecule has 0 saturated heterocycles. The Morgan fingerprint density at radius 1 is 1.32 bits per heavy atom. The predicted molar refractivity (Wildman–Crippen MR) is 75.3 cm³/mol. The molecule has 0 radical (unpaired) electrons. The van der Waals surface area contributed by atoms with E-state index in [1.807, 2.05) is 25.1 Å². The first-order chi connectivity index (χ1) is 9.06. The molecule has 1 N–H and O–H groups in total. The minimum atomic E-state index is -0.0613. The summed E-state index contributed by atoms with van der Waals surface area (Å²) in [6.45, 7) is 7.22. The lowest BCUT2D eigenvalue weighted by Gasteiger charge is -1.97. The highest BCUT2D eigenvalue weighted by atomic mass is 16.3. The minimum Gasteiger partial charge on any atom is -0.508 e. The molecule has 100 valence electrons. The molecule has 2 aromatic rings. The Hall–Kier alpha value is -2.29. The second kappa shape index (κ2) is 7.21. The molecule has 0 aliphatic heterocycles. The molecule has 0 fully saturated rings. The highest BCUT2D eigenvalue weighted by Crippen LogP contribution is 2.14. The summed E-state index contributed by atoms with van der Waals surface area (Å²) in [5.74, 6) is 0.341. The summed E-state index contributed by atoms with van der Waals surface area (Å²) in [6, 6.07) is 9.01. The first-order valence-corrected chi connectivity index (χ1v) is 6.05. The molecule has 0 unspecified atom stereocenters. The average molecular weight is 258 g/mol. The zero-order valence-electron chi connectivity index (χ0n) is 11.2. The Bertz CT molecular complexity index is 539. The normalized spacial score (nSPS) is 9.37. The first kappa shape index (κ1) is 14.8. The number of furan rings is 1. The van der Waals surface area contributed by atoms with Crippen LogP contribution in [0.2, 0.25) is 0 Å². The van der Waals surface area contributed by atoms with Gasteiger partial charge in [-0.05, 0) is 36.6 Å². The molecule has 0 bridgehead atoms. The molecule has 0 atom stereocenters. The van der Waals surface area contributed by atoms with Gasteiger partial charge in [0.15, 0.2) is 5.78 Å². The Morgan fingerprint density at radius 2 is 2.00 bits per heavy atom. The van der Waals surface area contributed by atoms with Crippen LogP contribution < -0.4 is 0 Å². The number of Topliss-reactive ketones (excluding diaryl/α,β-unsaturated/α-hetero) is 1. The molecule has 0 saturated carbocycles. The number of phenols is 1. The highest BCUT2D eigenvalue weighted by Gasteiger charge is 2.05. The van der Waals surface area contributed by atoms with Gasteiger partial charge >= 0.3 is 0 Å². The number of phenolic OH excluding ortho intramolecular Hbond substituents is 1. The fraction of sp³-hybridized carbons (Fsp3) is 0.188. The van der Waals surface area contributed by atoms with E-state index >= 15 is 0 Å². The van der Waals surface area contributed by atoms with Gasteiger partial charge in [0.1, 0.15) is 12.0 Å². The van der Waals surface area contributed by atoms with E-state index in [-0.39, 0.29) is 5.78 Å². The Kier molecular flexibility index (Phi) is 5.61. The van der Waals surface area contributed by atoms with Gasteiger partial charge in [-0.3, -0.25) is 4.79 Å². The number of carbonyl (C=O) groups is 1. The number of aryl methyl sites for hydroxylation is 1. The molecule has 3 heteroatoms. The van der Waals surface area contributed by atoms with Gasteiger partial charge < -0.3 is 9.52 Å². The standard InChI is InChI=1S/C8H8O2.C8H10O/c1-6(2)8(9)7-3-4-10-5-7;1-2-7-5-3-4-6-8(7)9/h3-5H,1H2,2H3;3-6,9H,2H2,1H3. The van der Waals surface area contributed by atoms with Crippen molar-refractivity contribution in [3.05, 3.63) is 66.1 Å². The quantitative estimate of drug-likeness (QED) is 0.669. The maximum absolute atomic E-state index is 11.0. The third-order valence-electron chi connectivity index (χ3n) is 2.54. The SMILES string of the molecule is C=C(C)C(=O)c1ccoc1.CCc1ccccc1O. The van der Waals surface area contributed by atoms with Crippen molar-refractivity contribution in [2.75, 3.05) is 0 Å². The molecular weight excluding hydrogens is 240 g/mol. The molecule has 0 aliphatic carbocycles. The smallest absolute Gasteiger partial charge is 0.191 e. The largest absolute Gasteiger partial charge is 0.508 e. The fourth-order valence-corrected chi connectivity index (χ4v) is 1.45. The number of hydrogen-bond donors (Lipinski definition) is 1. The van der Waals surface area contributed by atoms with Crippen LogP contribution in [0.3, 0.4) is 0 Å². The van der Waals surface area contributed by atoms with Crippen LogP contribution in [-0.2, 0) is 6.42 Å². The van der Waals surface area contributed by atoms with Crippen LogP contribution in [0.4, 0.5) is 0 Å². The van der Waals surface area contributed by atoms with E-state index in [2.05, 4.69) is 6.58 Å². The van der Waals surface area contributed by atoms with Gasteiger partial charge in [0.2, 0.25) is 0 Å². The van der Waals surface area contributed by atoms with Gasteiger partial charge in [-0.15, -0.1) is 0 Å². The Labute approximate surface area is 113 Å². The average Bonchev–Trinajstić information content (AvgIpc) is 2.93. The first-order valence-electron chi connectivity index (χ1n) is 6.05. The summed E-state index contributed by atoms with van der Waals surface area (Å²) >= 11 is 0. The summed E-state index contributed by atoms with van der Waals surface area (Å²) in [4.78, 5) is 11.0. The van der Waals surface area contributed by atoms with Gasteiger partial charge in [-0.1, -0.05) is 31.7 Å². The molecule has 2 rings (SSSR count). The summed E-state index contributed by atoms with van der Waals surface area (Å²) in [7, 11) is 0. The second-order valence-corrected chi connectivity index (χ2v) is 4.10. The fourth-order valence-electron chi connectivity index (χ4n) is 1.45. The van der Waals surface area contributed by atoms with Gasteiger partial charge in [-0.25, -0.2) is 0 Å². The Morgan fingerprint density at radius 3 is 2.42 bits per heavy atom. The monoisotopic (exact) mass is 258 g/mol. The van der Waals surface area contributed by atoms with Crippen LogP contribution in [0.5, 0.6) is 5.75 Å². The van der Waals surface area contributed by atoms with E-state index in [0.717, 1.165) is 12.0 Å². The molecule has 1 aromatic heterocycles. The van der Waals surface area contributed by atoms with E-state index in [1.54, 1.807) is 19.1 Å². The van der Waals surface area contributed by atoms with Crippen LogP contribution in [0, 0.1) is 0 Å². The van der Waals surface area contributed by atoms with E-state index in [9.17, 15) is 4.79 Å². The van der Waals surface area contributed by atoms with Crippen molar-refractivity contribution in [1.29, 1.82) is 0 Å². The zero-order chi connectivity index (χ0) is 14.3. The number of ketones is 1. The number of benzene rings is 1. The lowest BCUT2D eigenvalue weighted by atomic mass is 10.1. The van der Waals surface area contributed by atoms with Gasteiger partial charge in [0.05, 0.1) is 11.8 Å². The lowest BCUT2D eigenvalue weighted by Crippen LogP contribution is -1.96. The number of allylic oxidation sites excluding steroid dienone is 1. The molecule has 0 spiro atoms. The molecule has 1 heterocycles. The van der Waals surface area contributed by atoms with Crippen molar-refractivity contribution in [2.24, 2.45) is 0 Å². The van der Waals surface area contributed by atoms with Crippen LogP contribution in [-0.4, -0.2) is 10.9 Å². The third kappa shape index (κ3) is 4.47. The summed E-state index contributed by atoms with van der Waals surface area (Å²) in [6.07, 6.45) is 3.78. The number of para-hydroxylation sites is 1. The van der Waals surface area contributed by atoms with Crippen LogP contribution in [0.25, 0.3) is 0 Å². The third-order valence-corrected chi connectivity index (χ3v) is 2.54. The van der Waals surface area contributed by atoms with Crippen molar-refractivity contribution < 1.29 is 14.3 Å². The van der Waals surface area contributed by atoms with E-state index in [0.29, 0.717) is 16.9 Å². The van der Waals surface area contributed by atoms with E-state index in [1.165, 1.54) is 12.5 Å². The van der Waals surface area contributed by atoms with Gasteiger partial charge in [0, 0.05) is 0 Å². The maximum atomic E-state index is 11.0. The van der Waals surface area contributed by atoms with Gasteiger partial charge in [-0.2, -0.15) is 0 Å². The van der Waals surface area contributed by atoms with Crippen molar-refractivity contribution in [3.63, 3.8) is 0 Å². The van der Waals surface area contributed by atoms with Crippen LogP contribution in [0.15, 0.2) is 59.4 Å². The van der Waals surface area contributed by atoms with Crippen molar-refractivity contribution in [2.45, 2.75) is 20.3 Å². The topological polar surface area (TPSA) is 50.4 Å². The zero-order valence-corrected chi connectivity index (χ0v) is 11.2. The highest BCUT2D eigenvalue weighted by molar-refractivity contribution is 6.07. The van der Waals surface area contributed by atoms with Crippen LogP contribution >= 0.6 is 0 Å². The van der Waals surface area contributed by atoms with E-state index in [4.69, 9.17) is 9.52 Å². The van der Waals surface area contributed by atoms with Crippen molar-refractivity contribution in [1.82, 2.24) is 0 Å². The molecular formula is C16H18O3. The minimum absolute atomic E-state index is 0.0613. The van der Waals surface area contributed by atoms with E-state index < -0.39 is 0 Å². The second-order valence-electron chi connectivity index (χ2n) is 4.10. The van der Waals surface area contributed by atoms with Crippen molar-refractivity contribution >= 4 is 5.78 Å². The number of aromatic hydroxyl groups is 1. The Balaban J connectivity index is 0.000000191. The number of hydrogen-bond acceptors (Lipinski definition) is 3.